The largest absolute Gasteiger partial charge is 0.294 e. The Hall–Kier alpha value is -0.330. The smallest absolute Gasteiger partial charge is 0.0389 e. The van der Waals surface area contributed by atoms with Gasteiger partial charge >= 0.3 is 0 Å². The van der Waals surface area contributed by atoms with E-state index in [0.717, 1.165) is 12.5 Å². The van der Waals surface area contributed by atoms with E-state index in [4.69, 9.17) is 4.99 Å². The number of nitrogens with zero attached hydrogens (tertiary/aromatic N) is 1. The summed E-state index contributed by atoms with van der Waals surface area (Å²) >= 11 is 0. The van der Waals surface area contributed by atoms with Gasteiger partial charge in [-0.3, -0.25) is 4.99 Å². The third-order valence-electron chi connectivity index (χ3n) is 4.48. The molecular formula is C16H29N. The van der Waals surface area contributed by atoms with E-state index in [0.29, 0.717) is 0 Å². The minimum atomic E-state index is 0.865. The molecule has 1 saturated carbocycles. The molecule has 0 spiro atoms. The fraction of sp³-hybridized carbons (Fsp3) is 0.938. The molecule has 0 saturated heterocycles. The highest BCUT2D eigenvalue weighted by Crippen LogP contribution is 2.25. The SMILES string of the molecule is C1CCCCCC2=NCCCC2CCCCC1. The van der Waals surface area contributed by atoms with Crippen molar-refractivity contribution in [3.8, 4) is 0 Å². The Labute approximate surface area is 107 Å². The molecule has 1 fully saturated rings. The van der Waals surface area contributed by atoms with Gasteiger partial charge in [-0.15, -0.1) is 0 Å². The van der Waals surface area contributed by atoms with Crippen LogP contribution in [0.25, 0.3) is 0 Å². The average Bonchev–Trinajstić information content (AvgIpc) is 2.38. The van der Waals surface area contributed by atoms with Gasteiger partial charge in [0.1, 0.15) is 0 Å². The standard InChI is InChI=1S/C16H29N/c1-2-4-6-8-11-15-12-10-14-17-16(15)13-9-7-5-3-1/h15H,1-14H2. The van der Waals surface area contributed by atoms with E-state index in [2.05, 4.69) is 0 Å². The zero-order chi connectivity index (χ0) is 11.8. The Kier molecular flexibility index (Phi) is 6.09. The maximum absolute atomic E-state index is 4.82. The van der Waals surface area contributed by atoms with Gasteiger partial charge in [0.15, 0.2) is 0 Å². The Morgan fingerprint density at radius 3 is 2.00 bits per heavy atom. The van der Waals surface area contributed by atoms with Gasteiger partial charge in [0, 0.05) is 12.3 Å². The van der Waals surface area contributed by atoms with Crippen LogP contribution in [-0.2, 0) is 0 Å². The fourth-order valence-electron chi connectivity index (χ4n) is 3.38. The Morgan fingerprint density at radius 1 is 0.647 bits per heavy atom. The third-order valence-corrected chi connectivity index (χ3v) is 4.48. The molecule has 1 heterocycles. The first-order valence-electron chi connectivity index (χ1n) is 8.00. The molecular weight excluding hydrogens is 206 g/mol. The Bertz CT molecular complexity index is 232. The molecule has 2 rings (SSSR count). The predicted molar refractivity (Wildman–Crippen MR) is 75.8 cm³/mol. The summed E-state index contributed by atoms with van der Waals surface area (Å²) in [5.41, 5.74) is 1.59. The predicted octanol–water partition coefficient (Wildman–Crippen LogP) is 5.14. The molecule has 1 aliphatic carbocycles. The molecule has 0 aromatic rings. The molecule has 1 aliphatic heterocycles. The van der Waals surface area contributed by atoms with Gasteiger partial charge in [0.2, 0.25) is 0 Å². The molecule has 0 radical (unpaired) electrons. The minimum Gasteiger partial charge on any atom is -0.294 e. The van der Waals surface area contributed by atoms with Crippen LogP contribution in [0.2, 0.25) is 0 Å². The molecule has 1 nitrogen and oxygen atoms in total. The summed E-state index contributed by atoms with van der Waals surface area (Å²) in [6, 6.07) is 0. The maximum Gasteiger partial charge on any atom is 0.0389 e. The normalized spacial score (nSPS) is 29.2. The topological polar surface area (TPSA) is 12.4 Å². The monoisotopic (exact) mass is 235 g/mol. The first-order valence-corrected chi connectivity index (χ1v) is 8.00. The zero-order valence-corrected chi connectivity index (χ0v) is 11.4. The van der Waals surface area contributed by atoms with Crippen molar-refractivity contribution in [3.63, 3.8) is 0 Å². The summed E-state index contributed by atoms with van der Waals surface area (Å²) in [7, 11) is 0. The van der Waals surface area contributed by atoms with Crippen molar-refractivity contribution < 1.29 is 0 Å². The highest BCUT2D eigenvalue weighted by atomic mass is 14.8. The molecule has 0 aromatic heterocycles. The minimum absolute atomic E-state index is 0.865. The van der Waals surface area contributed by atoms with E-state index in [-0.39, 0.29) is 0 Å². The van der Waals surface area contributed by atoms with E-state index in [1.165, 1.54) is 83.5 Å². The van der Waals surface area contributed by atoms with Crippen molar-refractivity contribution in [1.29, 1.82) is 0 Å². The van der Waals surface area contributed by atoms with Crippen molar-refractivity contribution >= 4 is 5.71 Å². The van der Waals surface area contributed by atoms with Crippen molar-refractivity contribution in [3.05, 3.63) is 0 Å². The molecule has 98 valence electrons. The molecule has 1 unspecified atom stereocenters. The summed E-state index contributed by atoms with van der Waals surface area (Å²) in [6.07, 6.45) is 18.6. The summed E-state index contributed by atoms with van der Waals surface area (Å²) < 4.78 is 0. The molecule has 0 bridgehead atoms. The Morgan fingerprint density at radius 2 is 1.24 bits per heavy atom. The highest BCUT2D eigenvalue weighted by Gasteiger charge is 2.18. The molecule has 0 N–H and O–H groups in total. The van der Waals surface area contributed by atoms with Gasteiger partial charge < -0.3 is 0 Å². The summed E-state index contributed by atoms with van der Waals surface area (Å²) in [4.78, 5) is 4.82. The summed E-state index contributed by atoms with van der Waals surface area (Å²) in [6.45, 7) is 1.12. The first-order chi connectivity index (χ1) is 8.47. The lowest BCUT2D eigenvalue weighted by Gasteiger charge is -2.23. The van der Waals surface area contributed by atoms with E-state index in [9.17, 15) is 0 Å². The van der Waals surface area contributed by atoms with Crippen LogP contribution in [0.15, 0.2) is 4.99 Å². The molecule has 2 aliphatic rings. The lowest BCUT2D eigenvalue weighted by atomic mass is 9.87. The quantitative estimate of drug-likeness (QED) is 0.551. The van der Waals surface area contributed by atoms with E-state index in [1.807, 2.05) is 0 Å². The van der Waals surface area contributed by atoms with Gasteiger partial charge in [-0.05, 0) is 38.0 Å². The first kappa shape index (κ1) is 13.1. The second-order valence-electron chi connectivity index (χ2n) is 5.93. The molecule has 17 heavy (non-hydrogen) atoms. The lowest BCUT2D eigenvalue weighted by molar-refractivity contribution is 0.485. The summed E-state index contributed by atoms with van der Waals surface area (Å²) in [5, 5.41) is 0. The Balaban J connectivity index is 1.84. The average molecular weight is 235 g/mol. The van der Waals surface area contributed by atoms with Gasteiger partial charge in [-0.1, -0.05) is 51.4 Å². The molecule has 1 heteroatoms. The lowest BCUT2D eigenvalue weighted by Crippen LogP contribution is -2.19. The van der Waals surface area contributed by atoms with Gasteiger partial charge in [0.25, 0.3) is 0 Å². The van der Waals surface area contributed by atoms with Crippen LogP contribution in [0.1, 0.15) is 83.5 Å². The van der Waals surface area contributed by atoms with Crippen molar-refractivity contribution in [2.24, 2.45) is 10.9 Å². The van der Waals surface area contributed by atoms with Crippen LogP contribution in [0, 0.1) is 5.92 Å². The van der Waals surface area contributed by atoms with Crippen LogP contribution in [0.5, 0.6) is 0 Å². The van der Waals surface area contributed by atoms with Crippen molar-refractivity contribution in [2.75, 3.05) is 6.54 Å². The molecule has 1 atom stereocenters. The van der Waals surface area contributed by atoms with E-state index < -0.39 is 0 Å². The molecule has 0 amide bonds. The van der Waals surface area contributed by atoms with E-state index >= 15 is 0 Å². The fourth-order valence-corrected chi connectivity index (χ4v) is 3.38. The number of rotatable bonds is 0. The van der Waals surface area contributed by atoms with Crippen molar-refractivity contribution in [1.82, 2.24) is 0 Å². The number of fused-ring (bicyclic) bond motifs is 1. The highest BCUT2D eigenvalue weighted by molar-refractivity contribution is 5.87. The van der Waals surface area contributed by atoms with E-state index in [1.54, 1.807) is 5.71 Å². The summed E-state index contributed by atoms with van der Waals surface area (Å²) in [5.74, 6) is 0.865. The van der Waals surface area contributed by atoms with Gasteiger partial charge in [-0.25, -0.2) is 0 Å². The van der Waals surface area contributed by atoms with Crippen LogP contribution >= 0.6 is 0 Å². The maximum atomic E-state index is 4.82. The van der Waals surface area contributed by atoms with Crippen LogP contribution in [0.4, 0.5) is 0 Å². The zero-order valence-electron chi connectivity index (χ0n) is 11.4. The van der Waals surface area contributed by atoms with Crippen LogP contribution < -0.4 is 0 Å². The number of aliphatic imine (C=N–C) groups is 1. The van der Waals surface area contributed by atoms with Crippen LogP contribution in [0.3, 0.4) is 0 Å². The van der Waals surface area contributed by atoms with Gasteiger partial charge in [-0.2, -0.15) is 0 Å². The van der Waals surface area contributed by atoms with Crippen LogP contribution in [-0.4, -0.2) is 12.3 Å². The molecule has 0 aromatic carbocycles. The number of hydrogen-bond donors (Lipinski definition) is 0. The second-order valence-corrected chi connectivity index (χ2v) is 5.93. The second kappa shape index (κ2) is 7.89. The van der Waals surface area contributed by atoms with Crippen molar-refractivity contribution in [2.45, 2.75) is 83.5 Å². The number of hydrogen-bond acceptors (Lipinski definition) is 1. The third kappa shape index (κ3) is 4.81. The van der Waals surface area contributed by atoms with Gasteiger partial charge in [0.05, 0.1) is 0 Å².